The predicted octanol–water partition coefficient (Wildman–Crippen LogP) is 0.0367. The molecule has 6 heteroatoms. The lowest BCUT2D eigenvalue weighted by Crippen LogP contribution is -2.25. The van der Waals surface area contributed by atoms with Gasteiger partial charge in [-0.2, -0.15) is 0 Å². The molecule has 1 heterocycles. The van der Waals surface area contributed by atoms with Gasteiger partial charge in [0.2, 0.25) is 6.29 Å². The lowest BCUT2D eigenvalue weighted by Gasteiger charge is -2.14. The number of carbonyl (C=O) groups excluding carboxylic acids is 1. The third-order valence-corrected chi connectivity index (χ3v) is 1.56. The van der Waals surface area contributed by atoms with Crippen molar-refractivity contribution in [1.82, 2.24) is 0 Å². The summed E-state index contributed by atoms with van der Waals surface area (Å²) in [4.78, 5) is 19.8. The van der Waals surface area contributed by atoms with E-state index in [-0.39, 0.29) is 6.61 Å². The first kappa shape index (κ1) is 12.1. The first-order valence-corrected chi connectivity index (χ1v) is 4.59. The molecular formula is C9H14O6. The zero-order chi connectivity index (χ0) is 10.9. The van der Waals surface area contributed by atoms with Crippen LogP contribution in [0.3, 0.4) is 0 Å². The molecule has 0 saturated carbocycles. The highest BCUT2D eigenvalue weighted by molar-refractivity contribution is 5.80. The largest absolute Gasteiger partial charge is 0.377 e. The van der Waals surface area contributed by atoms with E-state index in [0.29, 0.717) is 26.4 Å². The van der Waals surface area contributed by atoms with Crippen LogP contribution < -0.4 is 0 Å². The Balaban J connectivity index is 2.23. The Morgan fingerprint density at radius 1 is 1.27 bits per heavy atom. The van der Waals surface area contributed by atoms with E-state index in [1.54, 1.807) is 0 Å². The summed E-state index contributed by atoms with van der Waals surface area (Å²) in [6, 6.07) is 0. The molecule has 1 fully saturated rings. The van der Waals surface area contributed by atoms with E-state index in [2.05, 4.69) is 11.5 Å². The summed E-state index contributed by atoms with van der Waals surface area (Å²) >= 11 is 0. The van der Waals surface area contributed by atoms with Crippen molar-refractivity contribution in [2.24, 2.45) is 0 Å². The maximum Gasteiger partial charge on any atom is 0.365 e. The molecule has 1 saturated heterocycles. The Labute approximate surface area is 87.6 Å². The molecule has 86 valence electrons. The fourth-order valence-corrected chi connectivity index (χ4v) is 0.877. The number of carbonyl (C=O) groups is 1. The maximum absolute atomic E-state index is 10.7. The molecule has 0 spiro atoms. The van der Waals surface area contributed by atoms with Crippen molar-refractivity contribution in [2.75, 3.05) is 33.0 Å². The Morgan fingerprint density at radius 2 is 2.00 bits per heavy atom. The zero-order valence-corrected chi connectivity index (χ0v) is 8.35. The van der Waals surface area contributed by atoms with E-state index >= 15 is 0 Å². The van der Waals surface area contributed by atoms with Gasteiger partial charge >= 0.3 is 5.97 Å². The van der Waals surface area contributed by atoms with Crippen molar-refractivity contribution in [3.05, 3.63) is 12.7 Å². The second-order valence-corrected chi connectivity index (χ2v) is 2.69. The predicted molar refractivity (Wildman–Crippen MR) is 48.8 cm³/mol. The fourth-order valence-electron chi connectivity index (χ4n) is 0.877. The average Bonchev–Trinajstić information content (AvgIpc) is 2.39. The van der Waals surface area contributed by atoms with Crippen LogP contribution in [0.1, 0.15) is 0 Å². The van der Waals surface area contributed by atoms with E-state index in [0.717, 1.165) is 6.08 Å². The Morgan fingerprint density at radius 3 is 2.80 bits per heavy atom. The van der Waals surface area contributed by atoms with Crippen LogP contribution in [-0.2, 0) is 28.8 Å². The van der Waals surface area contributed by atoms with Crippen molar-refractivity contribution in [2.45, 2.75) is 6.29 Å². The highest BCUT2D eigenvalue weighted by Gasteiger charge is 2.14. The van der Waals surface area contributed by atoms with Crippen molar-refractivity contribution in [3.8, 4) is 0 Å². The van der Waals surface area contributed by atoms with Crippen LogP contribution in [0.5, 0.6) is 0 Å². The number of hydrogen-bond donors (Lipinski definition) is 0. The van der Waals surface area contributed by atoms with Gasteiger partial charge in [-0.05, 0) is 0 Å². The quantitative estimate of drug-likeness (QED) is 0.378. The summed E-state index contributed by atoms with van der Waals surface area (Å²) < 4.78 is 15.4. The van der Waals surface area contributed by atoms with Gasteiger partial charge in [-0.1, -0.05) is 6.58 Å². The topological polar surface area (TPSA) is 63.2 Å². The maximum atomic E-state index is 10.7. The minimum Gasteiger partial charge on any atom is -0.377 e. The molecule has 0 radical (unpaired) electrons. The first-order valence-electron chi connectivity index (χ1n) is 4.59. The van der Waals surface area contributed by atoms with Crippen molar-refractivity contribution < 1.29 is 28.8 Å². The summed E-state index contributed by atoms with van der Waals surface area (Å²) in [5, 5.41) is 0. The number of rotatable bonds is 3. The Kier molecular flexibility index (Phi) is 5.94. The van der Waals surface area contributed by atoms with Gasteiger partial charge in [0.05, 0.1) is 26.4 Å². The van der Waals surface area contributed by atoms with E-state index in [1.165, 1.54) is 0 Å². The molecule has 15 heavy (non-hydrogen) atoms. The minimum absolute atomic E-state index is 0.188. The molecule has 0 N–H and O–H groups in total. The summed E-state index contributed by atoms with van der Waals surface area (Å²) in [6.07, 6.45) is 0.273. The molecule has 1 rings (SSSR count). The lowest BCUT2D eigenvalue weighted by molar-refractivity contribution is -0.356. The molecule has 6 nitrogen and oxygen atoms in total. The molecule has 1 atom stereocenters. The van der Waals surface area contributed by atoms with Gasteiger partial charge in [0.25, 0.3) is 0 Å². The normalized spacial score (nSPS) is 23.3. The van der Waals surface area contributed by atoms with Crippen molar-refractivity contribution in [1.29, 1.82) is 0 Å². The number of ether oxygens (including phenoxy) is 3. The Bertz CT molecular complexity index is 195. The molecule has 0 amide bonds. The number of hydrogen-bond acceptors (Lipinski definition) is 6. The molecule has 1 unspecified atom stereocenters. The third kappa shape index (κ3) is 5.48. The smallest absolute Gasteiger partial charge is 0.365 e. The highest BCUT2D eigenvalue weighted by Crippen LogP contribution is 2.00. The van der Waals surface area contributed by atoms with Crippen LogP contribution in [0.2, 0.25) is 0 Å². The summed E-state index contributed by atoms with van der Waals surface area (Å²) in [5.41, 5.74) is 0. The van der Waals surface area contributed by atoms with Gasteiger partial charge in [0.15, 0.2) is 0 Å². The van der Waals surface area contributed by atoms with E-state index in [4.69, 9.17) is 19.1 Å². The van der Waals surface area contributed by atoms with Crippen LogP contribution in [0.15, 0.2) is 12.7 Å². The average molecular weight is 218 g/mol. The van der Waals surface area contributed by atoms with Crippen molar-refractivity contribution >= 4 is 5.97 Å². The van der Waals surface area contributed by atoms with Gasteiger partial charge < -0.3 is 14.2 Å². The molecule has 0 aromatic carbocycles. The molecule has 1 aliphatic rings. The van der Waals surface area contributed by atoms with Crippen LogP contribution in [0.4, 0.5) is 0 Å². The van der Waals surface area contributed by atoms with Gasteiger partial charge in [0, 0.05) is 6.08 Å². The van der Waals surface area contributed by atoms with Gasteiger partial charge in [-0.25, -0.2) is 4.79 Å². The summed E-state index contributed by atoms with van der Waals surface area (Å²) in [6.45, 7) is 5.21. The van der Waals surface area contributed by atoms with E-state index in [1.807, 2.05) is 0 Å². The molecule has 0 aliphatic carbocycles. The van der Waals surface area contributed by atoms with Crippen LogP contribution in [0.25, 0.3) is 0 Å². The molecule has 0 aromatic rings. The SMILES string of the molecule is C=CC(=O)OOC1COCCOCCO1. The zero-order valence-electron chi connectivity index (χ0n) is 8.35. The molecule has 0 bridgehead atoms. The van der Waals surface area contributed by atoms with Crippen molar-refractivity contribution in [3.63, 3.8) is 0 Å². The van der Waals surface area contributed by atoms with Crippen LogP contribution >= 0.6 is 0 Å². The Hall–Kier alpha value is -0.950. The molecule has 0 aromatic heterocycles. The van der Waals surface area contributed by atoms with E-state index in [9.17, 15) is 4.79 Å². The second kappa shape index (κ2) is 7.36. The molecular weight excluding hydrogens is 204 g/mol. The molecule has 1 aliphatic heterocycles. The third-order valence-electron chi connectivity index (χ3n) is 1.56. The lowest BCUT2D eigenvalue weighted by atomic mass is 10.6. The van der Waals surface area contributed by atoms with Crippen LogP contribution in [-0.4, -0.2) is 45.3 Å². The highest BCUT2D eigenvalue weighted by atomic mass is 17.2. The monoisotopic (exact) mass is 218 g/mol. The van der Waals surface area contributed by atoms with Gasteiger partial charge in [0.1, 0.15) is 6.61 Å². The summed E-state index contributed by atoms with van der Waals surface area (Å²) in [5.74, 6) is -0.672. The van der Waals surface area contributed by atoms with Crippen LogP contribution in [0, 0.1) is 0 Å². The van der Waals surface area contributed by atoms with E-state index < -0.39 is 12.3 Å². The first-order chi connectivity index (χ1) is 7.33. The van der Waals surface area contributed by atoms with Gasteiger partial charge in [-0.3, -0.25) is 4.89 Å². The van der Waals surface area contributed by atoms with Gasteiger partial charge in [-0.15, -0.1) is 4.89 Å². The minimum atomic E-state index is -0.726. The summed E-state index contributed by atoms with van der Waals surface area (Å²) in [7, 11) is 0. The second-order valence-electron chi connectivity index (χ2n) is 2.69. The standard InChI is InChI=1S/C9H14O6/c1-2-8(10)14-15-9-7-12-4-3-11-5-6-13-9/h2,9H,1,3-7H2. The fraction of sp³-hybridized carbons (Fsp3) is 0.667.